The van der Waals surface area contributed by atoms with E-state index in [1.807, 2.05) is 0 Å². The van der Waals surface area contributed by atoms with E-state index in [1.165, 1.54) is 35.7 Å². The second-order valence-electron chi connectivity index (χ2n) is 6.66. The topological polar surface area (TPSA) is 88.1 Å². The Labute approximate surface area is 154 Å². The number of ether oxygens (including phenoxy) is 1. The number of carbonyl (C=O) groups is 1. The molecule has 1 saturated carbocycles. The molecule has 0 atom stereocenters. The van der Waals surface area contributed by atoms with Crippen molar-refractivity contribution in [1.29, 1.82) is 0 Å². The minimum absolute atomic E-state index is 0.114. The third-order valence-electron chi connectivity index (χ3n) is 4.81. The molecule has 3 rings (SSSR count). The number of rotatable bonds is 5. The van der Waals surface area contributed by atoms with Gasteiger partial charge in [-0.05, 0) is 37.0 Å². The third kappa shape index (κ3) is 4.69. The fourth-order valence-electron chi connectivity index (χ4n) is 3.28. The van der Waals surface area contributed by atoms with Crippen LogP contribution < -0.4 is 5.43 Å². The Bertz CT molecular complexity index is 751. The molecule has 8 heteroatoms. The minimum atomic E-state index is -3.62. The van der Waals surface area contributed by atoms with Crippen LogP contribution in [0.2, 0.25) is 0 Å². The highest BCUT2D eigenvalue weighted by molar-refractivity contribution is 7.89. The minimum Gasteiger partial charge on any atom is -0.379 e. The number of sulfonamides is 1. The van der Waals surface area contributed by atoms with Gasteiger partial charge in [-0.3, -0.25) is 4.79 Å². The summed E-state index contributed by atoms with van der Waals surface area (Å²) < 4.78 is 32.0. The van der Waals surface area contributed by atoms with Crippen LogP contribution in [0.15, 0.2) is 34.3 Å². The second kappa shape index (κ2) is 8.75. The lowest BCUT2D eigenvalue weighted by atomic mass is 9.90. The highest BCUT2D eigenvalue weighted by atomic mass is 32.2. The van der Waals surface area contributed by atoms with Gasteiger partial charge in [0.15, 0.2) is 0 Å². The van der Waals surface area contributed by atoms with Crippen molar-refractivity contribution in [3.63, 3.8) is 0 Å². The largest absolute Gasteiger partial charge is 0.379 e. The Morgan fingerprint density at radius 1 is 1.19 bits per heavy atom. The summed E-state index contributed by atoms with van der Waals surface area (Å²) in [5.74, 6) is 0.00756. The molecule has 0 aromatic heterocycles. The molecule has 2 fully saturated rings. The van der Waals surface area contributed by atoms with E-state index in [2.05, 4.69) is 10.5 Å². The molecule has 1 heterocycles. The van der Waals surface area contributed by atoms with Crippen LogP contribution in [0.4, 0.5) is 0 Å². The zero-order chi connectivity index (χ0) is 18.4. The van der Waals surface area contributed by atoms with E-state index in [0.29, 0.717) is 32.2 Å². The van der Waals surface area contributed by atoms with E-state index in [-0.39, 0.29) is 10.5 Å². The van der Waals surface area contributed by atoms with Gasteiger partial charge in [-0.1, -0.05) is 25.3 Å². The molecular weight excluding hydrogens is 354 g/mol. The van der Waals surface area contributed by atoms with Crippen LogP contribution in [-0.2, 0) is 14.8 Å². The summed E-state index contributed by atoms with van der Waals surface area (Å²) in [5, 5.41) is 4.05. The van der Waals surface area contributed by atoms with E-state index in [9.17, 15) is 13.2 Å². The van der Waals surface area contributed by atoms with Crippen LogP contribution in [0, 0.1) is 5.92 Å². The lowest BCUT2D eigenvalue weighted by molar-refractivity contribution is 0.0730. The van der Waals surface area contributed by atoms with Gasteiger partial charge in [0.1, 0.15) is 0 Å². The molecule has 1 N–H and O–H groups in total. The van der Waals surface area contributed by atoms with Gasteiger partial charge >= 0.3 is 0 Å². The maximum Gasteiger partial charge on any atom is 0.271 e. The average Bonchev–Trinajstić information content (AvgIpc) is 2.69. The van der Waals surface area contributed by atoms with Gasteiger partial charge in [0.25, 0.3) is 5.91 Å². The van der Waals surface area contributed by atoms with Crippen molar-refractivity contribution in [1.82, 2.24) is 9.73 Å². The predicted molar refractivity (Wildman–Crippen MR) is 98.6 cm³/mol. The lowest BCUT2D eigenvalue weighted by Gasteiger charge is -2.26. The van der Waals surface area contributed by atoms with Crippen molar-refractivity contribution < 1.29 is 17.9 Å². The summed E-state index contributed by atoms with van der Waals surface area (Å²) in [6.45, 7) is 1.42. The molecular formula is C18H25N3O4S. The molecule has 0 radical (unpaired) electrons. The van der Waals surface area contributed by atoms with Crippen LogP contribution >= 0.6 is 0 Å². The summed E-state index contributed by atoms with van der Waals surface area (Å²) >= 11 is 0. The number of nitrogens with zero attached hydrogens (tertiary/aromatic N) is 2. The summed E-state index contributed by atoms with van der Waals surface area (Å²) in [6.07, 6.45) is 7.67. The smallest absolute Gasteiger partial charge is 0.271 e. The van der Waals surface area contributed by atoms with Crippen molar-refractivity contribution in [2.24, 2.45) is 11.0 Å². The van der Waals surface area contributed by atoms with E-state index >= 15 is 0 Å². The number of hydrogen-bond donors (Lipinski definition) is 1. The SMILES string of the molecule is O=C(N/N=C\C1CCCCC1)c1cccc(S(=O)(=O)N2CCOCC2)c1. The normalized spacial score (nSPS) is 20.3. The maximum atomic E-state index is 12.7. The summed E-state index contributed by atoms with van der Waals surface area (Å²) in [6, 6.07) is 6.07. The summed E-state index contributed by atoms with van der Waals surface area (Å²) in [5.41, 5.74) is 2.78. The zero-order valence-corrected chi connectivity index (χ0v) is 15.6. The maximum absolute atomic E-state index is 12.7. The fraction of sp³-hybridized carbons (Fsp3) is 0.556. The van der Waals surface area contributed by atoms with E-state index in [4.69, 9.17) is 4.74 Å². The highest BCUT2D eigenvalue weighted by Gasteiger charge is 2.26. The second-order valence-corrected chi connectivity index (χ2v) is 8.60. The molecule has 1 amide bonds. The molecule has 2 aliphatic rings. The Kier molecular flexibility index (Phi) is 6.39. The number of benzene rings is 1. The first-order valence-corrected chi connectivity index (χ1v) is 10.5. The summed E-state index contributed by atoms with van der Waals surface area (Å²) in [7, 11) is -3.62. The standard InChI is InChI=1S/C18H25N3O4S/c22-18(20-19-14-15-5-2-1-3-6-15)16-7-4-8-17(13-16)26(23,24)21-9-11-25-12-10-21/h4,7-8,13-15H,1-3,5-6,9-12H2,(H,20,22)/b19-14-. The van der Waals surface area contributed by atoms with Crippen LogP contribution in [0.25, 0.3) is 0 Å². The van der Waals surface area contributed by atoms with Gasteiger partial charge in [0.05, 0.1) is 18.1 Å². The Morgan fingerprint density at radius 3 is 2.65 bits per heavy atom. The Morgan fingerprint density at radius 2 is 1.92 bits per heavy atom. The van der Waals surface area contributed by atoms with Gasteiger partial charge in [0.2, 0.25) is 10.0 Å². The fourth-order valence-corrected chi connectivity index (χ4v) is 4.74. The lowest BCUT2D eigenvalue weighted by Crippen LogP contribution is -2.40. The van der Waals surface area contributed by atoms with E-state index in [0.717, 1.165) is 12.8 Å². The molecule has 1 aliphatic carbocycles. The van der Waals surface area contributed by atoms with Gasteiger partial charge in [-0.15, -0.1) is 0 Å². The quantitative estimate of drug-likeness (QED) is 0.626. The number of morpholine rings is 1. The third-order valence-corrected chi connectivity index (χ3v) is 6.70. The van der Waals surface area contributed by atoms with Crippen molar-refractivity contribution in [2.45, 2.75) is 37.0 Å². The number of hydrogen-bond acceptors (Lipinski definition) is 5. The highest BCUT2D eigenvalue weighted by Crippen LogP contribution is 2.22. The molecule has 142 valence electrons. The zero-order valence-electron chi connectivity index (χ0n) is 14.8. The molecule has 1 aromatic carbocycles. The van der Waals surface area contributed by atoms with Crippen molar-refractivity contribution in [3.8, 4) is 0 Å². The van der Waals surface area contributed by atoms with Gasteiger partial charge in [-0.25, -0.2) is 13.8 Å². The first-order valence-electron chi connectivity index (χ1n) is 9.09. The van der Waals surface area contributed by atoms with Gasteiger partial charge < -0.3 is 4.74 Å². The molecule has 0 bridgehead atoms. The number of amides is 1. The number of nitrogens with one attached hydrogen (secondary N) is 1. The van der Waals surface area contributed by atoms with E-state index < -0.39 is 15.9 Å². The molecule has 0 spiro atoms. The van der Waals surface area contributed by atoms with Crippen LogP contribution in [0.1, 0.15) is 42.5 Å². The summed E-state index contributed by atoms with van der Waals surface area (Å²) in [4.78, 5) is 12.4. The molecule has 1 saturated heterocycles. The van der Waals surface area contributed by atoms with E-state index in [1.54, 1.807) is 18.3 Å². The van der Waals surface area contributed by atoms with Crippen molar-refractivity contribution in [3.05, 3.63) is 29.8 Å². The monoisotopic (exact) mass is 379 g/mol. The van der Waals surface area contributed by atoms with Crippen LogP contribution in [-0.4, -0.2) is 51.1 Å². The molecule has 0 unspecified atom stereocenters. The van der Waals surface area contributed by atoms with Gasteiger partial charge in [-0.2, -0.15) is 9.41 Å². The first-order chi connectivity index (χ1) is 12.6. The van der Waals surface area contributed by atoms with Crippen molar-refractivity contribution >= 4 is 22.1 Å². The van der Waals surface area contributed by atoms with Crippen molar-refractivity contribution in [2.75, 3.05) is 26.3 Å². The Hall–Kier alpha value is -1.77. The number of hydrazone groups is 1. The molecule has 1 aromatic rings. The molecule has 7 nitrogen and oxygen atoms in total. The van der Waals surface area contributed by atoms with Crippen LogP contribution in [0.5, 0.6) is 0 Å². The van der Waals surface area contributed by atoms with Gasteiger partial charge in [0, 0.05) is 24.9 Å². The molecule has 1 aliphatic heterocycles. The van der Waals surface area contributed by atoms with Crippen LogP contribution in [0.3, 0.4) is 0 Å². The number of carbonyl (C=O) groups excluding carboxylic acids is 1. The average molecular weight is 379 g/mol. The first kappa shape index (κ1) is 19.0. The Balaban J connectivity index is 1.66. The predicted octanol–water partition coefficient (Wildman–Crippen LogP) is 2.00. The molecule has 26 heavy (non-hydrogen) atoms.